The number of carbonyl (C=O) groups excluding carboxylic acids is 1. The van der Waals surface area contributed by atoms with Gasteiger partial charge in [0.25, 0.3) is 5.91 Å². The number of aromatic nitrogens is 2. The number of nitrogens with two attached hydrogens (primary N) is 1. The molecule has 1 atom stereocenters. The molecule has 2 heterocycles. The maximum Gasteiger partial charge on any atom is 0.271 e. The fourth-order valence-corrected chi connectivity index (χ4v) is 2.40. The van der Waals surface area contributed by atoms with Crippen LogP contribution in [0.1, 0.15) is 23.8 Å². The Balaban J connectivity index is 1.93. The van der Waals surface area contributed by atoms with Crippen LogP contribution >= 0.6 is 0 Å². The van der Waals surface area contributed by atoms with Crippen LogP contribution in [0.4, 0.5) is 5.69 Å². The van der Waals surface area contributed by atoms with Crippen LogP contribution < -0.4 is 11.1 Å². The van der Waals surface area contributed by atoms with E-state index >= 15 is 0 Å². The van der Waals surface area contributed by atoms with Gasteiger partial charge in [0.15, 0.2) is 0 Å². The molecule has 0 saturated carbocycles. The molecule has 6 heteroatoms. The summed E-state index contributed by atoms with van der Waals surface area (Å²) in [5.74, 6) is 0.416. The summed E-state index contributed by atoms with van der Waals surface area (Å²) in [4.78, 5) is 14.4. The van der Waals surface area contributed by atoms with Gasteiger partial charge >= 0.3 is 0 Å². The number of amides is 1. The molecule has 0 radical (unpaired) electrons. The fourth-order valence-electron chi connectivity index (χ4n) is 2.40. The van der Waals surface area contributed by atoms with Crippen LogP contribution in [-0.4, -0.2) is 47.3 Å². The standard InChI is InChI=1S/C12H21N5O/c1-3-17-11(10(13)7-15-17)12(18)14-6-9-4-5-16(2)8-9/h7,9H,3-6,8,13H2,1-2H3,(H,14,18). The lowest BCUT2D eigenvalue weighted by Gasteiger charge is -2.12. The van der Waals surface area contributed by atoms with Gasteiger partial charge in [0.05, 0.1) is 11.9 Å². The van der Waals surface area contributed by atoms with Crippen molar-refractivity contribution in [2.45, 2.75) is 19.9 Å². The van der Waals surface area contributed by atoms with E-state index in [2.05, 4.69) is 22.4 Å². The molecule has 1 aromatic heterocycles. The molecule has 1 aliphatic rings. The summed E-state index contributed by atoms with van der Waals surface area (Å²) < 4.78 is 1.63. The fraction of sp³-hybridized carbons (Fsp3) is 0.667. The number of nitrogens with one attached hydrogen (secondary N) is 1. The third-order valence-electron chi connectivity index (χ3n) is 3.42. The van der Waals surface area contributed by atoms with E-state index < -0.39 is 0 Å². The molecule has 100 valence electrons. The van der Waals surface area contributed by atoms with Gasteiger partial charge in [0, 0.05) is 19.6 Å². The van der Waals surface area contributed by atoms with Crippen molar-refractivity contribution in [3.8, 4) is 0 Å². The molecular weight excluding hydrogens is 230 g/mol. The maximum absolute atomic E-state index is 12.1. The van der Waals surface area contributed by atoms with E-state index in [1.807, 2.05) is 6.92 Å². The van der Waals surface area contributed by atoms with Crippen LogP contribution in [0.3, 0.4) is 0 Å². The quantitative estimate of drug-likeness (QED) is 0.799. The van der Waals surface area contributed by atoms with Crippen molar-refractivity contribution in [1.29, 1.82) is 0 Å². The molecule has 1 aromatic rings. The number of nitrogens with zero attached hydrogens (tertiary/aromatic N) is 3. The van der Waals surface area contributed by atoms with E-state index in [-0.39, 0.29) is 5.91 Å². The predicted octanol–water partition coefficient (Wildman–Crippen LogP) is 0.167. The normalized spacial score (nSPS) is 20.2. The van der Waals surface area contributed by atoms with Crippen molar-refractivity contribution in [3.63, 3.8) is 0 Å². The molecule has 0 aliphatic carbocycles. The highest BCUT2D eigenvalue weighted by atomic mass is 16.2. The van der Waals surface area contributed by atoms with Gasteiger partial charge in [-0.1, -0.05) is 0 Å². The highest BCUT2D eigenvalue weighted by Crippen LogP contribution is 2.14. The Bertz CT molecular complexity index is 428. The molecule has 18 heavy (non-hydrogen) atoms. The molecule has 2 rings (SSSR count). The molecule has 0 spiro atoms. The smallest absolute Gasteiger partial charge is 0.271 e. The number of rotatable bonds is 4. The first kappa shape index (κ1) is 12.9. The van der Waals surface area contributed by atoms with Crippen molar-refractivity contribution in [2.24, 2.45) is 5.92 Å². The van der Waals surface area contributed by atoms with E-state index in [0.29, 0.717) is 30.4 Å². The van der Waals surface area contributed by atoms with Gasteiger partial charge in [0.1, 0.15) is 5.69 Å². The van der Waals surface area contributed by atoms with Gasteiger partial charge in [-0.15, -0.1) is 0 Å². The zero-order chi connectivity index (χ0) is 13.1. The highest BCUT2D eigenvalue weighted by molar-refractivity contribution is 5.97. The number of anilines is 1. The number of hydrogen-bond acceptors (Lipinski definition) is 4. The van der Waals surface area contributed by atoms with Gasteiger partial charge in [-0.2, -0.15) is 5.10 Å². The Morgan fingerprint density at radius 3 is 3.06 bits per heavy atom. The molecule has 1 aliphatic heterocycles. The Labute approximate surface area is 107 Å². The first-order valence-corrected chi connectivity index (χ1v) is 6.39. The minimum atomic E-state index is -0.124. The molecule has 1 unspecified atom stereocenters. The van der Waals surface area contributed by atoms with Gasteiger partial charge in [-0.3, -0.25) is 9.48 Å². The lowest BCUT2D eigenvalue weighted by atomic mass is 10.1. The summed E-state index contributed by atoms with van der Waals surface area (Å²) in [7, 11) is 2.10. The molecular formula is C12H21N5O. The van der Waals surface area contributed by atoms with Crippen LogP contribution in [0.5, 0.6) is 0 Å². The van der Waals surface area contributed by atoms with Crippen molar-refractivity contribution in [1.82, 2.24) is 20.0 Å². The molecule has 6 nitrogen and oxygen atoms in total. The van der Waals surface area contributed by atoms with E-state index in [4.69, 9.17) is 5.73 Å². The molecule has 1 amide bonds. The summed E-state index contributed by atoms with van der Waals surface area (Å²) in [6, 6.07) is 0. The van der Waals surface area contributed by atoms with Crippen molar-refractivity contribution in [3.05, 3.63) is 11.9 Å². The lowest BCUT2D eigenvalue weighted by Crippen LogP contribution is -2.32. The van der Waals surface area contributed by atoms with Gasteiger partial charge in [-0.05, 0) is 32.9 Å². The van der Waals surface area contributed by atoms with E-state index in [1.54, 1.807) is 4.68 Å². The van der Waals surface area contributed by atoms with Gasteiger partial charge < -0.3 is 16.0 Å². The predicted molar refractivity (Wildman–Crippen MR) is 70.3 cm³/mol. The van der Waals surface area contributed by atoms with E-state index in [9.17, 15) is 4.79 Å². The second kappa shape index (κ2) is 5.39. The third-order valence-corrected chi connectivity index (χ3v) is 3.42. The second-order valence-electron chi connectivity index (χ2n) is 4.89. The minimum Gasteiger partial charge on any atom is -0.396 e. The molecule has 3 N–H and O–H groups in total. The maximum atomic E-state index is 12.1. The zero-order valence-electron chi connectivity index (χ0n) is 11.0. The number of likely N-dealkylation sites (tertiary alicyclic amines) is 1. The summed E-state index contributed by atoms with van der Waals surface area (Å²) in [5.41, 5.74) is 6.69. The average molecular weight is 251 g/mol. The second-order valence-corrected chi connectivity index (χ2v) is 4.89. The highest BCUT2D eigenvalue weighted by Gasteiger charge is 2.21. The van der Waals surface area contributed by atoms with Crippen molar-refractivity contribution in [2.75, 3.05) is 32.4 Å². The van der Waals surface area contributed by atoms with Gasteiger partial charge in [0.2, 0.25) is 0 Å². The Hall–Kier alpha value is -1.56. The summed E-state index contributed by atoms with van der Waals surface area (Å²) in [5, 5.41) is 7.03. The number of aryl methyl sites for hydroxylation is 1. The Kier molecular flexibility index (Phi) is 3.86. The Morgan fingerprint density at radius 1 is 1.67 bits per heavy atom. The largest absolute Gasteiger partial charge is 0.396 e. The lowest BCUT2D eigenvalue weighted by molar-refractivity contribution is 0.0938. The monoisotopic (exact) mass is 251 g/mol. The van der Waals surface area contributed by atoms with Crippen LogP contribution in [0, 0.1) is 5.92 Å². The van der Waals surface area contributed by atoms with Crippen LogP contribution in [-0.2, 0) is 6.54 Å². The molecule has 1 fully saturated rings. The molecule has 0 aromatic carbocycles. The zero-order valence-corrected chi connectivity index (χ0v) is 11.0. The summed E-state index contributed by atoms with van der Waals surface area (Å²) in [6.45, 7) is 5.44. The summed E-state index contributed by atoms with van der Waals surface area (Å²) >= 11 is 0. The van der Waals surface area contributed by atoms with Crippen LogP contribution in [0.25, 0.3) is 0 Å². The molecule has 1 saturated heterocycles. The first-order valence-electron chi connectivity index (χ1n) is 6.39. The van der Waals surface area contributed by atoms with E-state index in [0.717, 1.165) is 19.5 Å². The Morgan fingerprint density at radius 2 is 2.44 bits per heavy atom. The number of hydrogen-bond donors (Lipinski definition) is 2. The SMILES string of the molecule is CCn1ncc(N)c1C(=O)NCC1CCN(C)C1. The van der Waals surface area contributed by atoms with Crippen molar-refractivity contribution >= 4 is 11.6 Å². The third kappa shape index (κ3) is 2.64. The van der Waals surface area contributed by atoms with Crippen molar-refractivity contribution < 1.29 is 4.79 Å². The number of nitrogen functional groups attached to an aromatic ring is 1. The minimum absolute atomic E-state index is 0.124. The summed E-state index contributed by atoms with van der Waals surface area (Å²) in [6.07, 6.45) is 2.67. The topological polar surface area (TPSA) is 76.2 Å². The first-order chi connectivity index (χ1) is 8.61. The van der Waals surface area contributed by atoms with Crippen LogP contribution in [0.15, 0.2) is 6.20 Å². The molecule has 0 bridgehead atoms. The van der Waals surface area contributed by atoms with E-state index in [1.165, 1.54) is 6.20 Å². The van der Waals surface area contributed by atoms with Gasteiger partial charge in [-0.25, -0.2) is 0 Å². The van der Waals surface area contributed by atoms with Crippen LogP contribution in [0.2, 0.25) is 0 Å². The average Bonchev–Trinajstić information content (AvgIpc) is 2.92. The number of carbonyl (C=O) groups is 1.